The smallest absolute Gasteiger partial charge is 0.410 e. The molecule has 1 saturated heterocycles. The van der Waals surface area contributed by atoms with Crippen molar-refractivity contribution >= 4 is 12.0 Å². The molecule has 6 heteroatoms. The fourth-order valence-corrected chi connectivity index (χ4v) is 2.49. The van der Waals surface area contributed by atoms with Gasteiger partial charge in [-0.3, -0.25) is 9.69 Å². The molecular formula is C17H23FN2O3. The van der Waals surface area contributed by atoms with Crippen molar-refractivity contribution in [2.45, 2.75) is 51.8 Å². The highest BCUT2D eigenvalue weighted by Gasteiger charge is 2.36. The van der Waals surface area contributed by atoms with Crippen LogP contribution in [0, 0.1) is 5.82 Å². The van der Waals surface area contributed by atoms with Gasteiger partial charge in [0, 0.05) is 13.1 Å². The molecule has 1 aliphatic rings. The van der Waals surface area contributed by atoms with Crippen LogP contribution in [0.4, 0.5) is 9.18 Å². The van der Waals surface area contributed by atoms with Gasteiger partial charge in [-0.15, -0.1) is 0 Å². The molecule has 0 aliphatic carbocycles. The summed E-state index contributed by atoms with van der Waals surface area (Å²) in [4.78, 5) is 26.0. The van der Waals surface area contributed by atoms with Crippen molar-refractivity contribution < 1.29 is 18.7 Å². The predicted molar refractivity (Wildman–Crippen MR) is 84.2 cm³/mol. The van der Waals surface area contributed by atoms with Gasteiger partial charge in [0.2, 0.25) is 5.91 Å². The number of amides is 2. The summed E-state index contributed by atoms with van der Waals surface area (Å²) >= 11 is 0. The van der Waals surface area contributed by atoms with Crippen LogP contribution in [0.25, 0.3) is 0 Å². The van der Waals surface area contributed by atoms with E-state index in [0.29, 0.717) is 19.5 Å². The maximum Gasteiger partial charge on any atom is 0.410 e. The van der Waals surface area contributed by atoms with Crippen LogP contribution in [0.5, 0.6) is 0 Å². The summed E-state index contributed by atoms with van der Waals surface area (Å²) < 4.78 is 18.2. The number of nitrogens with one attached hydrogen (secondary N) is 1. The average Bonchev–Trinajstić information content (AvgIpc) is 2.94. The highest BCUT2D eigenvalue weighted by molar-refractivity contribution is 5.86. The van der Waals surface area contributed by atoms with Gasteiger partial charge in [-0.2, -0.15) is 0 Å². The molecule has 0 unspecified atom stereocenters. The van der Waals surface area contributed by atoms with E-state index in [4.69, 9.17) is 4.74 Å². The first-order valence-corrected chi connectivity index (χ1v) is 7.78. The normalized spacial score (nSPS) is 17.9. The molecule has 1 heterocycles. The summed E-state index contributed by atoms with van der Waals surface area (Å²) in [5.74, 6) is -0.523. The molecule has 1 atom stereocenters. The van der Waals surface area contributed by atoms with E-state index in [1.54, 1.807) is 32.9 Å². The van der Waals surface area contributed by atoms with E-state index < -0.39 is 17.7 Å². The quantitative estimate of drug-likeness (QED) is 0.931. The molecule has 1 fully saturated rings. The Bertz CT molecular complexity index is 566. The van der Waals surface area contributed by atoms with Crippen LogP contribution in [0.15, 0.2) is 24.3 Å². The lowest BCUT2D eigenvalue weighted by molar-refractivity contribution is -0.125. The van der Waals surface area contributed by atoms with Crippen molar-refractivity contribution in [2.75, 3.05) is 6.54 Å². The number of hydrogen-bond donors (Lipinski definition) is 1. The number of halogens is 1. The minimum absolute atomic E-state index is 0.210. The number of benzene rings is 1. The minimum atomic E-state index is -0.588. The van der Waals surface area contributed by atoms with E-state index in [9.17, 15) is 14.0 Å². The van der Waals surface area contributed by atoms with Crippen molar-refractivity contribution in [1.82, 2.24) is 10.2 Å². The molecule has 0 saturated carbocycles. The Morgan fingerprint density at radius 3 is 2.57 bits per heavy atom. The first kappa shape index (κ1) is 17.2. The summed E-state index contributed by atoms with van der Waals surface area (Å²) in [6, 6.07) is 5.44. The second kappa shape index (κ2) is 6.98. The largest absolute Gasteiger partial charge is 0.444 e. The molecule has 0 radical (unpaired) electrons. The van der Waals surface area contributed by atoms with E-state index >= 15 is 0 Å². The molecule has 2 rings (SSSR count). The van der Waals surface area contributed by atoms with Crippen LogP contribution in [0.2, 0.25) is 0 Å². The zero-order chi connectivity index (χ0) is 17.0. The third kappa shape index (κ3) is 4.94. The Kier molecular flexibility index (Phi) is 5.23. The fraction of sp³-hybridized carbons (Fsp3) is 0.529. The van der Waals surface area contributed by atoms with Crippen molar-refractivity contribution in [1.29, 1.82) is 0 Å². The minimum Gasteiger partial charge on any atom is -0.444 e. The summed E-state index contributed by atoms with van der Waals surface area (Å²) in [5, 5.41) is 2.80. The predicted octanol–water partition coefficient (Wildman–Crippen LogP) is 2.84. The van der Waals surface area contributed by atoms with Crippen LogP contribution < -0.4 is 5.32 Å². The van der Waals surface area contributed by atoms with Crippen molar-refractivity contribution in [3.8, 4) is 0 Å². The Balaban J connectivity index is 1.92. The zero-order valence-electron chi connectivity index (χ0n) is 13.8. The van der Waals surface area contributed by atoms with E-state index in [1.165, 1.54) is 17.0 Å². The highest BCUT2D eigenvalue weighted by Crippen LogP contribution is 2.21. The van der Waals surface area contributed by atoms with Gasteiger partial charge < -0.3 is 10.1 Å². The number of carbonyl (C=O) groups is 2. The van der Waals surface area contributed by atoms with E-state index in [2.05, 4.69) is 5.32 Å². The van der Waals surface area contributed by atoms with Crippen LogP contribution >= 0.6 is 0 Å². The maximum absolute atomic E-state index is 12.9. The third-order valence-electron chi connectivity index (χ3n) is 3.56. The molecule has 1 aliphatic heterocycles. The van der Waals surface area contributed by atoms with Gasteiger partial charge in [0.25, 0.3) is 0 Å². The second-order valence-corrected chi connectivity index (χ2v) is 6.68. The first-order chi connectivity index (χ1) is 10.8. The number of likely N-dealkylation sites (tertiary alicyclic amines) is 1. The van der Waals surface area contributed by atoms with Crippen LogP contribution in [0.3, 0.4) is 0 Å². The summed E-state index contributed by atoms with van der Waals surface area (Å²) in [5.41, 5.74) is 0.219. The van der Waals surface area contributed by atoms with Gasteiger partial charge in [-0.1, -0.05) is 12.1 Å². The van der Waals surface area contributed by atoms with Gasteiger partial charge in [0.1, 0.15) is 17.5 Å². The molecule has 0 spiro atoms. The summed E-state index contributed by atoms with van der Waals surface area (Å²) in [6.07, 6.45) is 0.930. The van der Waals surface area contributed by atoms with Gasteiger partial charge in [-0.25, -0.2) is 9.18 Å². The van der Waals surface area contributed by atoms with Crippen LogP contribution in [-0.2, 0) is 16.1 Å². The molecule has 1 aromatic rings. The maximum atomic E-state index is 12.9. The highest BCUT2D eigenvalue weighted by atomic mass is 19.1. The number of nitrogens with zero attached hydrogens (tertiary/aromatic N) is 1. The molecule has 0 bridgehead atoms. The Labute approximate surface area is 135 Å². The third-order valence-corrected chi connectivity index (χ3v) is 3.56. The number of rotatable bonds is 3. The van der Waals surface area contributed by atoms with Crippen molar-refractivity contribution in [3.05, 3.63) is 35.6 Å². The van der Waals surface area contributed by atoms with Gasteiger partial charge >= 0.3 is 6.09 Å². The lowest BCUT2D eigenvalue weighted by Gasteiger charge is -2.28. The molecular weight excluding hydrogens is 299 g/mol. The molecule has 5 nitrogen and oxygen atoms in total. The molecule has 1 aromatic carbocycles. The Morgan fingerprint density at radius 1 is 1.30 bits per heavy atom. The number of carbonyl (C=O) groups excluding carboxylic acids is 2. The summed E-state index contributed by atoms with van der Waals surface area (Å²) in [7, 11) is 0. The molecule has 126 valence electrons. The fourth-order valence-electron chi connectivity index (χ4n) is 2.49. The van der Waals surface area contributed by atoms with Gasteiger partial charge in [-0.05, 0) is 51.3 Å². The zero-order valence-corrected chi connectivity index (χ0v) is 13.8. The Hall–Kier alpha value is -2.11. The van der Waals surface area contributed by atoms with Crippen molar-refractivity contribution in [3.63, 3.8) is 0 Å². The molecule has 0 aromatic heterocycles. The van der Waals surface area contributed by atoms with Gasteiger partial charge in [0.05, 0.1) is 0 Å². The van der Waals surface area contributed by atoms with Crippen LogP contribution in [-0.4, -0.2) is 35.1 Å². The van der Waals surface area contributed by atoms with Crippen LogP contribution in [0.1, 0.15) is 39.2 Å². The topological polar surface area (TPSA) is 58.6 Å². The monoisotopic (exact) mass is 322 g/mol. The number of ether oxygens (including phenoxy) is 1. The molecule has 1 N–H and O–H groups in total. The molecule has 23 heavy (non-hydrogen) atoms. The average molecular weight is 322 g/mol. The second-order valence-electron chi connectivity index (χ2n) is 6.68. The first-order valence-electron chi connectivity index (χ1n) is 7.78. The van der Waals surface area contributed by atoms with E-state index in [-0.39, 0.29) is 11.7 Å². The SMILES string of the molecule is CC(C)(C)OC(=O)N1CCC[C@H]1C(=O)NCc1ccc(F)cc1. The lowest BCUT2D eigenvalue weighted by atomic mass is 10.2. The number of hydrogen-bond acceptors (Lipinski definition) is 3. The van der Waals surface area contributed by atoms with E-state index in [1.807, 2.05) is 0 Å². The Morgan fingerprint density at radius 2 is 1.96 bits per heavy atom. The van der Waals surface area contributed by atoms with Crippen molar-refractivity contribution in [2.24, 2.45) is 0 Å². The molecule has 2 amide bonds. The lowest BCUT2D eigenvalue weighted by Crippen LogP contribution is -2.47. The van der Waals surface area contributed by atoms with E-state index in [0.717, 1.165) is 12.0 Å². The van der Waals surface area contributed by atoms with Gasteiger partial charge in [0.15, 0.2) is 0 Å². The summed E-state index contributed by atoms with van der Waals surface area (Å²) in [6.45, 7) is 6.21. The standard InChI is InChI=1S/C17H23FN2O3/c1-17(2,3)23-16(22)20-10-4-5-14(20)15(21)19-11-12-6-8-13(18)9-7-12/h6-9,14H,4-5,10-11H2,1-3H3,(H,19,21)/t14-/m0/s1.